The van der Waals surface area contributed by atoms with Crippen molar-refractivity contribution in [1.29, 1.82) is 5.41 Å². The van der Waals surface area contributed by atoms with Gasteiger partial charge in [0.2, 0.25) is 5.71 Å². The fourth-order valence-electron chi connectivity index (χ4n) is 2.86. The van der Waals surface area contributed by atoms with Gasteiger partial charge in [-0.15, -0.1) is 0 Å². The van der Waals surface area contributed by atoms with Gasteiger partial charge in [-0.3, -0.25) is 0 Å². The number of nitrogen functional groups attached to an aromatic ring is 1. The molecule has 0 unspecified atom stereocenters. The van der Waals surface area contributed by atoms with Gasteiger partial charge in [-0.2, -0.15) is 4.24 Å². The minimum absolute atomic E-state index is 0.518. The van der Waals surface area contributed by atoms with Crippen molar-refractivity contribution >= 4 is 22.7 Å². The molecule has 4 rings (SSSR count). The molecule has 0 radical (unpaired) electrons. The molecule has 3 N–H and O–H groups in total. The van der Waals surface area contributed by atoms with Gasteiger partial charge in [0.15, 0.2) is 12.4 Å². The largest absolute Gasteiger partial charge is 0.399 e. The van der Waals surface area contributed by atoms with Crippen LogP contribution in [0.15, 0.2) is 97.6 Å². The molecule has 0 saturated carbocycles. The average Bonchev–Trinajstić information content (AvgIpc) is 2.70. The van der Waals surface area contributed by atoms with E-state index >= 15 is 0 Å². The second kappa shape index (κ2) is 6.69. The van der Waals surface area contributed by atoms with Crippen LogP contribution in [0.2, 0.25) is 0 Å². The molecular formula is C22H19N4+. The molecular weight excluding hydrogens is 320 g/mol. The van der Waals surface area contributed by atoms with Crippen molar-refractivity contribution in [3.05, 3.63) is 109 Å². The Hall–Kier alpha value is -3.66. The van der Waals surface area contributed by atoms with Crippen molar-refractivity contribution in [2.24, 2.45) is 0 Å². The van der Waals surface area contributed by atoms with Crippen molar-refractivity contribution in [2.45, 2.75) is 0 Å². The molecule has 0 amide bonds. The first-order chi connectivity index (χ1) is 12.7. The van der Waals surface area contributed by atoms with Crippen molar-refractivity contribution < 1.29 is 4.24 Å². The Morgan fingerprint density at radius 3 is 2.00 bits per heavy atom. The first-order valence-electron chi connectivity index (χ1n) is 8.40. The molecule has 0 atom stereocenters. The van der Waals surface area contributed by atoms with Crippen LogP contribution < -0.4 is 20.1 Å². The Kier molecular flexibility index (Phi) is 4.07. The quantitative estimate of drug-likeness (QED) is 0.620. The first kappa shape index (κ1) is 15.8. The molecule has 0 fully saturated rings. The third-order valence-corrected chi connectivity index (χ3v) is 4.35. The number of benzene rings is 1. The topological polar surface area (TPSA) is 59.0 Å². The van der Waals surface area contributed by atoms with Gasteiger partial charge in [0.1, 0.15) is 0 Å². The molecule has 2 aliphatic rings. The minimum atomic E-state index is 0.518. The summed E-state index contributed by atoms with van der Waals surface area (Å²) in [5.74, 6) is 0. The van der Waals surface area contributed by atoms with Crippen molar-refractivity contribution in [3.8, 4) is 0 Å². The summed E-state index contributed by atoms with van der Waals surface area (Å²) in [7, 11) is 0. The Bertz CT molecular complexity index is 1040. The van der Waals surface area contributed by atoms with E-state index in [1.807, 2.05) is 53.1 Å². The Balaban J connectivity index is 1.62. The van der Waals surface area contributed by atoms with Gasteiger partial charge in [0.25, 0.3) is 0 Å². The van der Waals surface area contributed by atoms with Crippen LogP contribution in [0.1, 0.15) is 0 Å². The van der Waals surface area contributed by atoms with E-state index in [4.69, 9.17) is 11.1 Å². The number of allylic oxidation sites excluding steroid dienone is 6. The highest BCUT2D eigenvalue weighted by Gasteiger charge is 2.06. The van der Waals surface area contributed by atoms with Crippen LogP contribution in [0, 0.1) is 11.1 Å². The van der Waals surface area contributed by atoms with E-state index in [9.17, 15) is 0 Å². The maximum atomic E-state index is 7.57. The number of nitrogens with two attached hydrogens (primary N) is 1. The SMILES string of the molecule is N=C1C=CC(=[n+]2ccc(=C3C=CN(c4ccc(N)cc4)C=C3)cc2)C=C1. The van der Waals surface area contributed by atoms with E-state index in [0.29, 0.717) is 5.71 Å². The fourth-order valence-corrected chi connectivity index (χ4v) is 2.86. The number of hydrogen-bond donors (Lipinski definition) is 2. The molecule has 1 aliphatic heterocycles. The van der Waals surface area contributed by atoms with Crippen LogP contribution in [-0.4, -0.2) is 5.71 Å². The van der Waals surface area contributed by atoms with Crippen molar-refractivity contribution in [2.75, 3.05) is 10.6 Å². The summed E-state index contributed by atoms with van der Waals surface area (Å²) in [4.78, 5) is 2.06. The third-order valence-electron chi connectivity index (χ3n) is 4.35. The molecule has 126 valence electrons. The van der Waals surface area contributed by atoms with E-state index in [1.165, 1.54) is 0 Å². The van der Waals surface area contributed by atoms with E-state index < -0.39 is 0 Å². The molecule has 2 aromatic rings. The van der Waals surface area contributed by atoms with E-state index in [2.05, 4.69) is 41.6 Å². The maximum Gasteiger partial charge on any atom is 0.210 e. The van der Waals surface area contributed by atoms with E-state index in [1.54, 1.807) is 12.2 Å². The van der Waals surface area contributed by atoms with Crippen molar-refractivity contribution in [1.82, 2.24) is 0 Å². The van der Waals surface area contributed by atoms with Crippen LogP contribution in [0.3, 0.4) is 0 Å². The smallest absolute Gasteiger partial charge is 0.210 e. The Morgan fingerprint density at radius 1 is 0.769 bits per heavy atom. The lowest BCUT2D eigenvalue weighted by Crippen LogP contribution is -2.24. The lowest BCUT2D eigenvalue weighted by Gasteiger charge is -2.19. The molecule has 0 saturated heterocycles. The number of nitrogens with one attached hydrogen (secondary N) is 1. The van der Waals surface area contributed by atoms with Crippen LogP contribution in [0.4, 0.5) is 11.4 Å². The Morgan fingerprint density at radius 2 is 1.38 bits per heavy atom. The molecule has 4 nitrogen and oxygen atoms in total. The van der Waals surface area contributed by atoms with Gasteiger partial charge < -0.3 is 16.0 Å². The molecule has 2 heterocycles. The van der Waals surface area contributed by atoms with E-state index in [-0.39, 0.29) is 0 Å². The Labute approximate surface area is 152 Å². The summed E-state index contributed by atoms with van der Waals surface area (Å²) in [6.45, 7) is 0. The minimum Gasteiger partial charge on any atom is -0.399 e. The van der Waals surface area contributed by atoms with Crippen LogP contribution in [0.5, 0.6) is 0 Å². The number of anilines is 2. The average molecular weight is 339 g/mol. The second-order valence-corrected chi connectivity index (χ2v) is 6.13. The normalized spacial score (nSPS) is 15.8. The highest BCUT2D eigenvalue weighted by Crippen LogP contribution is 2.20. The monoisotopic (exact) mass is 339 g/mol. The standard InChI is InChI=1S/C22H19N4/c23-19-1-5-21(6-2-19)25-13-9-17(10-14-25)18-11-15-26(16-12-18)22-7-3-20(24)4-8-22/h1-16,23H,24H2/q+1. The predicted octanol–water partition coefficient (Wildman–Crippen LogP) is 2.78. The van der Waals surface area contributed by atoms with Gasteiger partial charge in [0.05, 0.1) is 5.71 Å². The van der Waals surface area contributed by atoms with Gasteiger partial charge in [-0.25, -0.2) is 0 Å². The second-order valence-electron chi connectivity index (χ2n) is 6.13. The molecule has 0 bridgehead atoms. The lowest BCUT2D eigenvalue weighted by molar-refractivity contribution is -0.516. The zero-order valence-electron chi connectivity index (χ0n) is 14.2. The molecule has 1 aromatic carbocycles. The van der Waals surface area contributed by atoms with Gasteiger partial charge in [0, 0.05) is 48.1 Å². The van der Waals surface area contributed by atoms with Gasteiger partial charge >= 0.3 is 0 Å². The zero-order chi connectivity index (χ0) is 17.9. The number of hydrogen-bond acceptors (Lipinski definition) is 3. The molecule has 1 aromatic heterocycles. The highest BCUT2D eigenvalue weighted by atomic mass is 15.1. The number of pyridine rings is 1. The fraction of sp³-hybridized carbons (Fsp3) is 0. The molecule has 26 heavy (non-hydrogen) atoms. The van der Waals surface area contributed by atoms with Crippen LogP contribution in [-0.2, 0) is 0 Å². The van der Waals surface area contributed by atoms with Crippen molar-refractivity contribution in [3.63, 3.8) is 0 Å². The lowest BCUT2D eigenvalue weighted by atomic mass is 10.1. The predicted molar refractivity (Wildman–Crippen MR) is 106 cm³/mol. The number of rotatable bonds is 1. The van der Waals surface area contributed by atoms with Crippen LogP contribution >= 0.6 is 0 Å². The highest BCUT2D eigenvalue weighted by molar-refractivity contribution is 6.02. The third kappa shape index (κ3) is 3.26. The number of nitrogens with zero attached hydrogens (tertiary/aromatic N) is 2. The molecule has 1 aliphatic carbocycles. The summed E-state index contributed by atoms with van der Waals surface area (Å²) in [6, 6.07) is 12.0. The van der Waals surface area contributed by atoms with Gasteiger partial charge in [-0.1, -0.05) is 0 Å². The van der Waals surface area contributed by atoms with Crippen LogP contribution in [0.25, 0.3) is 5.57 Å². The summed E-state index contributed by atoms with van der Waals surface area (Å²) in [6.07, 6.45) is 19.9. The summed E-state index contributed by atoms with van der Waals surface area (Å²) in [5.41, 5.74) is 10.3. The molecule has 4 heteroatoms. The van der Waals surface area contributed by atoms with E-state index in [0.717, 1.165) is 27.9 Å². The zero-order valence-corrected chi connectivity index (χ0v) is 14.2. The van der Waals surface area contributed by atoms with Gasteiger partial charge in [-0.05, 0) is 59.4 Å². The first-order valence-corrected chi connectivity index (χ1v) is 8.40. The maximum absolute atomic E-state index is 7.57. The summed E-state index contributed by atoms with van der Waals surface area (Å²) >= 11 is 0. The number of aromatic nitrogens is 1. The summed E-state index contributed by atoms with van der Waals surface area (Å²) < 4.78 is 2.04. The summed E-state index contributed by atoms with van der Waals surface area (Å²) in [5, 5.41) is 8.73. The molecule has 0 spiro atoms.